The van der Waals surface area contributed by atoms with Gasteiger partial charge < -0.3 is 11.1 Å². The highest BCUT2D eigenvalue weighted by Crippen LogP contribution is 2.18. The highest BCUT2D eigenvalue weighted by atomic mass is 79.9. The van der Waals surface area contributed by atoms with Crippen LogP contribution in [0.15, 0.2) is 22.7 Å². The van der Waals surface area contributed by atoms with E-state index in [0.717, 1.165) is 23.7 Å². The Bertz CT molecular complexity index is 462. The lowest BCUT2D eigenvalue weighted by molar-refractivity contribution is -0.121. The van der Waals surface area contributed by atoms with Gasteiger partial charge in [0.2, 0.25) is 5.91 Å². The molecule has 3 N–H and O–H groups in total. The molecule has 1 aromatic carbocycles. The number of benzene rings is 1. The Kier molecular flexibility index (Phi) is 9.18. The molecule has 1 amide bonds. The second-order valence-electron chi connectivity index (χ2n) is 5.43. The summed E-state index contributed by atoms with van der Waals surface area (Å²) in [6.07, 6.45) is 3.01. The van der Waals surface area contributed by atoms with Crippen molar-refractivity contribution in [1.82, 2.24) is 5.32 Å². The van der Waals surface area contributed by atoms with E-state index in [1.54, 1.807) is 0 Å². The number of nitrogens with one attached hydrogen (secondary N) is 1. The molecule has 3 nitrogen and oxygen atoms in total. The zero-order valence-electron chi connectivity index (χ0n) is 13.0. The Morgan fingerprint density at radius 2 is 1.95 bits per heavy atom. The molecule has 0 aliphatic rings. The van der Waals surface area contributed by atoms with Crippen LogP contribution in [0.25, 0.3) is 0 Å². The number of halogens is 2. The van der Waals surface area contributed by atoms with Gasteiger partial charge in [-0.15, -0.1) is 12.4 Å². The summed E-state index contributed by atoms with van der Waals surface area (Å²) < 4.78 is 1.10. The standard InChI is InChI=1S/C16H25BrN2O.ClH/c1-4-16(18,5-2)11-19-15(20)9-7-13-6-8-14(17)12(3)10-13;/h6,8,10H,4-5,7,9,11,18H2,1-3H3,(H,19,20);1H. The maximum Gasteiger partial charge on any atom is 0.220 e. The maximum absolute atomic E-state index is 11.9. The first-order chi connectivity index (χ1) is 9.40. The lowest BCUT2D eigenvalue weighted by atomic mass is 9.94. The van der Waals surface area contributed by atoms with Crippen LogP contribution in [0.4, 0.5) is 0 Å². The third-order valence-corrected chi connectivity index (χ3v) is 4.80. The van der Waals surface area contributed by atoms with Gasteiger partial charge in [-0.25, -0.2) is 0 Å². The van der Waals surface area contributed by atoms with Gasteiger partial charge in [-0.2, -0.15) is 0 Å². The van der Waals surface area contributed by atoms with Crippen LogP contribution < -0.4 is 11.1 Å². The van der Waals surface area contributed by atoms with Gasteiger partial charge in [0.15, 0.2) is 0 Å². The van der Waals surface area contributed by atoms with E-state index in [1.807, 2.05) is 6.07 Å². The summed E-state index contributed by atoms with van der Waals surface area (Å²) in [5.74, 6) is 0.0716. The summed E-state index contributed by atoms with van der Waals surface area (Å²) in [7, 11) is 0. The Balaban J connectivity index is 0.00000400. The summed E-state index contributed by atoms with van der Waals surface area (Å²) in [4.78, 5) is 11.9. The SMILES string of the molecule is CCC(N)(CC)CNC(=O)CCc1ccc(Br)c(C)c1.Cl. The summed E-state index contributed by atoms with van der Waals surface area (Å²) >= 11 is 3.48. The first kappa shape index (κ1) is 20.4. The van der Waals surface area contributed by atoms with Crippen molar-refractivity contribution in [3.8, 4) is 0 Å². The molecular weight excluding hydrogens is 352 g/mol. The topological polar surface area (TPSA) is 55.1 Å². The highest BCUT2D eigenvalue weighted by molar-refractivity contribution is 9.10. The van der Waals surface area contributed by atoms with Crippen molar-refractivity contribution < 1.29 is 4.79 Å². The fourth-order valence-electron chi connectivity index (χ4n) is 1.98. The van der Waals surface area contributed by atoms with Crippen LogP contribution in [0.2, 0.25) is 0 Å². The molecule has 5 heteroatoms. The zero-order chi connectivity index (χ0) is 15.2. The van der Waals surface area contributed by atoms with E-state index < -0.39 is 0 Å². The summed E-state index contributed by atoms with van der Waals surface area (Å²) in [5, 5.41) is 2.95. The fourth-order valence-corrected chi connectivity index (χ4v) is 2.23. The molecule has 0 aromatic heterocycles. The average Bonchev–Trinajstić information content (AvgIpc) is 2.46. The fraction of sp³-hybridized carbons (Fsp3) is 0.562. The zero-order valence-corrected chi connectivity index (χ0v) is 15.4. The summed E-state index contributed by atoms with van der Waals surface area (Å²) in [6.45, 7) is 6.72. The lowest BCUT2D eigenvalue weighted by Gasteiger charge is -2.26. The number of hydrogen-bond donors (Lipinski definition) is 2. The van der Waals surface area contributed by atoms with E-state index in [9.17, 15) is 4.79 Å². The van der Waals surface area contributed by atoms with Crippen molar-refractivity contribution in [2.45, 2.75) is 52.0 Å². The van der Waals surface area contributed by atoms with Crippen molar-refractivity contribution in [2.24, 2.45) is 5.73 Å². The second kappa shape index (κ2) is 9.44. The lowest BCUT2D eigenvalue weighted by Crippen LogP contribution is -2.49. The molecule has 1 rings (SSSR count). The van der Waals surface area contributed by atoms with Crippen LogP contribution in [-0.4, -0.2) is 18.0 Å². The Morgan fingerprint density at radius 3 is 2.48 bits per heavy atom. The number of amides is 1. The van der Waals surface area contributed by atoms with Gasteiger partial charge in [-0.3, -0.25) is 4.79 Å². The van der Waals surface area contributed by atoms with Crippen LogP contribution in [0.5, 0.6) is 0 Å². The summed E-state index contributed by atoms with van der Waals surface area (Å²) in [5.41, 5.74) is 8.28. The molecule has 0 unspecified atom stereocenters. The molecule has 0 atom stereocenters. The minimum absolute atomic E-state index is 0. The maximum atomic E-state index is 11.9. The molecule has 0 saturated carbocycles. The number of hydrogen-bond acceptors (Lipinski definition) is 2. The smallest absolute Gasteiger partial charge is 0.220 e. The largest absolute Gasteiger partial charge is 0.354 e. The van der Waals surface area contributed by atoms with Crippen molar-refractivity contribution in [1.29, 1.82) is 0 Å². The molecule has 21 heavy (non-hydrogen) atoms. The van der Waals surface area contributed by atoms with Gasteiger partial charge in [-0.1, -0.05) is 41.9 Å². The normalized spacial score (nSPS) is 10.9. The monoisotopic (exact) mass is 376 g/mol. The number of carbonyl (C=O) groups excluding carboxylic acids is 1. The van der Waals surface area contributed by atoms with E-state index in [-0.39, 0.29) is 23.9 Å². The van der Waals surface area contributed by atoms with Gasteiger partial charge in [0.1, 0.15) is 0 Å². The molecule has 0 bridgehead atoms. The minimum atomic E-state index is -0.274. The number of aryl methyl sites for hydroxylation is 2. The Morgan fingerprint density at radius 1 is 1.33 bits per heavy atom. The Hall–Kier alpha value is -0.580. The molecular formula is C16H26BrClN2O. The first-order valence-corrected chi connectivity index (χ1v) is 8.00. The van der Waals surface area contributed by atoms with Crippen LogP contribution in [-0.2, 0) is 11.2 Å². The second-order valence-corrected chi connectivity index (χ2v) is 6.28. The predicted molar refractivity (Wildman–Crippen MR) is 95.0 cm³/mol. The quantitative estimate of drug-likeness (QED) is 0.760. The van der Waals surface area contributed by atoms with Gasteiger partial charge >= 0.3 is 0 Å². The predicted octanol–water partition coefficient (Wildman–Crippen LogP) is 3.75. The molecule has 0 aliphatic heterocycles. The third kappa shape index (κ3) is 6.81. The molecule has 0 saturated heterocycles. The van der Waals surface area contributed by atoms with Gasteiger partial charge in [0, 0.05) is 23.0 Å². The molecule has 0 heterocycles. The number of nitrogens with two attached hydrogens (primary N) is 1. The van der Waals surface area contributed by atoms with Crippen LogP contribution >= 0.6 is 28.3 Å². The third-order valence-electron chi connectivity index (χ3n) is 3.91. The average molecular weight is 378 g/mol. The first-order valence-electron chi connectivity index (χ1n) is 7.21. The van der Waals surface area contributed by atoms with E-state index in [2.05, 4.69) is 54.2 Å². The number of carbonyl (C=O) groups is 1. The van der Waals surface area contributed by atoms with Crippen molar-refractivity contribution in [2.75, 3.05) is 6.54 Å². The van der Waals surface area contributed by atoms with Gasteiger partial charge in [0.05, 0.1) is 0 Å². The van der Waals surface area contributed by atoms with Crippen LogP contribution in [0.1, 0.15) is 44.2 Å². The van der Waals surface area contributed by atoms with Crippen molar-refractivity contribution in [3.05, 3.63) is 33.8 Å². The minimum Gasteiger partial charge on any atom is -0.354 e. The molecule has 120 valence electrons. The molecule has 0 radical (unpaired) electrons. The van der Waals surface area contributed by atoms with Crippen molar-refractivity contribution in [3.63, 3.8) is 0 Å². The van der Waals surface area contributed by atoms with Crippen LogP contribution in [0, 0.1) is 6.92 Å². The van der Waals surface area contributed by atoms with Crippen LogP contribution in [0.3, 0.4) is 0 Å². The van der Waals surface area contributed by atoms with Gasteiger partial charge in [0.25, 0.3) is 0 Å². The summed E-state index contributed by atoms with van der Waals surface area (Å²) in [6, 6.07) is 6.19. The van der Waals surface area contributed by atoms with E-state index in [0.29, 0.717) is 13.0 Å². The number of rotatable bonds is 7. The molecule has 0 aliphatic carbocycles. The molecule has 0 spiro atoms. The Labute approximate surface area is 142 Å². The molecule has 1 aromatic rings. The van der Waals surface area contributed by atoms with Gasteiger partial charge in [-0.05, 0) is 43.4 Å². The van der Waals surface area contributed by atoms with E-state index >= 15 is 0 Å². The van der Waals surface area contributed by atoms with Crippen molar-refractivity contribution >= 4 is 34.2 Å². The highest BCUT2D eigenvalue weighted by Gasteiger charge is 2.20. The van der Waals surface area contributed by atoms with E-state index in [1.165, 1.54) is 11.1 Å². The van der Waals surface area contributed by atoms with E-state index in [4.69, 9.17) is 5.73 Å². The molecule has 0 fully saturated rings.